The average molecular weight is 363 g/mol. The second-order valence-corrected chi connectivity index (χ2v) is 6.37. The summed E-state index contributed by atoms with van der Waals surface area (Å²) in [5.41, 5.74) is 0. The molecule has 3 nitrogen and oxygen atoms in total. The van der Waals surface area contributed by atoms with Crippen LogP contribution in [0.25, 0.3) is 0 Å². The van der Waals surface area contributed by atoms with Gasteiger partial charge in [-0.15, -0.1) is 0 Å². The van der Waals surface area contributed by atoms with Crippen LogP contribution in [0.2, 0.25) is 0 Å². The Morgan fingerprint density at radius 1 is 0.542 bits per heavy atom. The fourth-order valence-corrected chi connectivity index (χ4v) is 4.18. The normalized spacial score (nSPS) is 8.96. The first-order valence-corrected chi connectivity index (χ1v) is 8.04. The molecule has 0 saturated heterocycles. The van der Waals surface area contributed by atoms with Crippen molar-refractivity contribution in [2.45, 2.75) is 14.7 Å². The van der Waals surface area contributed by atoms with E-state index in [0.29, 0.717) is 0 Å². The Hall–Kier alpha value is -0.785. The number of rotatable bonds is 3. The molecule has 24 heavy (non-hydrogen) atoms. The van der Waals surface area contributed by atoms with Crippen LogP contribution in [-0.4, -0.2) is 50.9 Å². The Morgan fingerprint density at radius 2 is 0.750 bits per heavy atom. The third-order valence-corrected chi connectivity index (χ3v) is 5.17. The molecule has 0 aliphatic rings. The SMILES string of the molecule is [Ca+2].[O-][B][O-].[OH-].c1ccc([S+](c2ccccc2)c2ccccc2)cc1. The van der Waals surface area contributed by atoms with Crippen molar-refractivity contribution in [1.82, 2.24) is 0 Å². The molecule has 117 valence electrons. The number of hydrogen-bond donors (Lipinski definition) is 0. The van der Waals surface area contributed by atoms with Crippen molar-refractivity contribution in [2.24, 2.45) is 0 Å². The molecule has 3 rings (SSSR count). The van der Waals surface area contributed by atoms with E-state index in [2.05, 4.69) is 91.0 Å². The van der Waals surface area contributed by atoms with Crippen LogP contribution in [-0.2, 0) is 10.9 Å². The molecular weight excluding hydrogens is 347 g/mol. The van der Waals surface area contributed by atoms with Crippen LogP contribution < -0.4 is 10.0 Å². The predicted molar refractivity (Wildman–Crippen MR) is 94.9 cm³/mol. The third kappa shape index (κ3) is 6.99. The zero-order chi connectivity index (χ0) is 15.6. The van der Waals surface area contributed by atoms with Gasteiger partial charge >= 0.3 is 37.7 Å². The molecule has 0 unspecified atom stereocenters. The van der Waals surface area contributed by atoms with Crippen LogP contribution in [0.4, 0.5) is 0 Å². The van der Waals surface area contributed by atoms with Gasteiger partial charge in [0.05, 0.1) is 10.9 Å². The molecule has 0 bridgehead atoms. The summed E-state index contributed by atoms with van der Waals surface area (Å²) < 4.78 is 0. The fraction of sp³-hybridized carbons (Fsp3) is 0. The van der Waals surface area contributed by atoms with Gasteiger partial charge in [0.1, 0.15) is 0 Å². The van der Waals surface area contributed by atoms with Gasteiger partial charge in [-0.1, -0.05) is 54.6 Å². The van der Waals surface area contributed by atoms with Gasteiger partial charge in [0.15, 0.2) is 14.7 Å². The Labute approximate surface area is 176 Å². The zero-order valence-electron chi connectivity index (χ0n) is 13.1. The smallest absolute Gasteiger partial charge is 0.900 e. The molecule has 0 aliphatic carbocycles. The largest absolute Gasteiger partial charge is 2.00 e. The summed E-state index contributed by atoms with van der Waals surface area (Å²) in [6.45, 7) is 0. The first kappa shape index (κ1) is 23.2. The Kier molecular flexibility index (Phi) is 13.1. The van der Waals surface area contributed by atoms with Crippen LogP contribution in [0, 0.1) is 0 Å². The summed E-state index contributed by atoms with van der Waals surface area (Å²) in [6.07, 6.45) is 0. The molecule has 0 amide bonds. The van der Waals surface area contributed by atoms with E-state index in [-0.39, 0.29) is 54.1 Å². The van der Waals surface area contributed by atoms with Crippen molar-refractivity contribution in [2.75, 3.05) is 0 Å². The predicted octanol–water partition coefficient (Wildman–Crippen LogP) is 1.47. The third-order valence-electron chi connectivity index (χ3n) is 2.94. The quantitative estimate of drug-likeness (QED) is 0.522. The fourth-order valence-electron chi connectivity index (χ4n) is 2.08. The van der Waals surface area contributed by atoms with Gasteiger partial charge in [-0.05, 0) is 36.4 Å². The molecule has 1 N–H and O–H groups in total. The van der Waals surface area contributed by atoms with Crippen molar-refractivity contribution in [3.8, 4) is 0 Å². The van der Waals surface area contributed by atoms with E-state index in [0.717, 1.165) is 0 Å². The van der Waals surface area contributed by atoms with Crippen LogP contribution in [0.5, 0.6) is 0 Å². The summed E-state index contributed by atoms with van der Waals surface area (Å²) in [4.78, 5) is 4.08. The number of benzene rings is 3. The minimum atomic E-state index is -0.500. The second kappa shape index (κ2) is 13.5. The monoisotopic (exact) mass is 363 g/mol. The first-order chi connectivity index (χ1) is 10.9. The summed E-state index contributed by atoms with van der Waals surface area (Å²) in [7, 11) is -0.515. The van der Waals surface area contributed by atoms with Crippen LogP contribution in [0.15, 0.2) is 106 Å². The second-order valence-electron chi connectivity index (χ2n) is 4.34. The molecule has 3 aromatic rings. The molecular formula is C18H16BCaO3S. The van der Waals surface area contributed by atoms with Gasteiger partial charge in [-0.25, -0.2) is 7.69 Å². The maximum atomic E-state index is 8.25. The van der Waals surface area contributed by atoms with Crippen molar-refractivity contribution >= 4 is 56.3 Å². The maximum absolute atomic E-state index is 8.25. The Morgan fingerprint density at radius 3 is 0.958 bits per heavy atom. The Balaban J connectivity index is 0.000000988. The van der Waals surface area contributed by atoms with Gasteiger partial charge in [0, 0.05) is 0 Å². The van der Waals surface area contributed by atoms with Crippen molar-refractivity contribution in [3.63, 3.8) is 0 Å². The van der Waals surface area contributed by atoms with E-state index in [9.17, 15) is 0 Å². The molecule has 1 radical (unpaired) electrons. The van der Waals surface area contributed by atoms with E-state index in [1.807, 2.05) is 0 Å². The van der Waals surface area contributed by atoms with Gasteiger partial charge in [-0.3, -0.25) is 0 Å². The molecule has 0 aliphatic heterocycles. The van der Waals surface area contributed by atoms with Crippen molar-refractivity contribution in [1.29, 1.82) is 0 Å². The summed E-state index contributed by atoms with van der Waals surface area (Å²) >= 11 is 0. The van der Waals surface area contributed by atoms with Gasteiger partial charge in [0.25, 0.3) is 0 Å². The maximum Gasteiger partial charge on any atom is 2.00 e. The van der Waals surface area contributed by atoms with Crippen LogP contribution >= 0.6 is 0 Å². The molecule has 0 aromatic heterocycles. The molecule has 0 saturated carbocycles. The minimum absolute atomic E-state index is 0. The van der Waals surface area contributed by atoms with Gasteiger partial charge < -0.3 is 15.5 Å². The Bertz CT molecular complexity index is 563. The molecule has 0 atom stereocenters. The molecule has 6 heteroatoms. The van der Waals surface area contributed by atoms with E-state index < -0.39 is 7.69 Å². The van der Waals surface area contributed by atoms with E-state index in [1.165, 1.54) is 14.7 Å². The van der Waals surface area contributed by atoms with Crippen molar-refractivity contribution < 1.29 is 15.5 Å². The molecule has 0 spiro atoms. The summed E-state index contributed by atoms with van der Waals surface area (Å²) in [6, 6.07) is 32.2. The van der Waals surface area contributed by atoms with Gasteiger partial charge in [0.2, 0.25) is 0 Å². The van der Waals surface area contributed by atoms with E-state index >= 15 is 0 Å². The van der Waals surface area contributed by atoms with Crippen LogP contribution in [0.3, 0.4) is 0 Å². The number of hydrogen-bond acceptors (Lipinski definition) is 3. The van der Waals surface area contributed by atoms with E-state index in [1.54, 1.807) is 0 Å². The van der Waals surface area contributed by atoms with Crippen LogP contribution in [0.1, 0.15) is 0 Å². The standard InChI is InChI=1S/C18H15S.BO2.Ca.H2O/c1-4-10-16(11-5-1)19(17-12-6-2-7-13-17)18-14-8-3-9-15-18;2-1-3;;/h1-15H;;;1H2/q+1;-2;+2;/p-1. The summed E-state index contributed by atoms with van der Waals surface area (Å²) in [5, 5.41) is 16.5. The van der Waals surface area contributed by atoms with Gasteiger partial charge in [-0.2, -0.15) is 0 Å². The first-order valence-electron chi connectivity index (χ1n) is 6.82. The zero-order valence-corrected chi connectivity index (χ0v) is 16.1. The minimum Gasteiger partial charge on any atom is -0.900 e. The van der Waals surface area contributed by atoms with Crippen molar-refractivity contribution in [3.05, 3.63) is 91.0 Å². The summed E-state index contributed by atoms with van der Waals surface area (Å²) in [5.74, 6) is 0. The average Bonchev–Trinajstić information content (AvgIpc) is 2.59. The topological polar surface area (TPSA) is 76.1 Å². The molecule has 3 aromatic carbocycles. The molecule has 0 heterocycles. The molecule has 0 fully saturated rings. The van der Waals surface area contributed by atoms with E-state index in [4.69, 9.17) is 10.0 Å².